The van der Waals surface area contributed by atoms with Gasteiger partial charge < -0.3 is 5.32 Å². The molecule has 82 valence electrons. The van der Waals surface area contributed by atoms with Crippen molar-refractivity contribution in [3.63, 3.8) is 0 Å². The maximum Gasteiger partial charge on any atom is 0.115 e. The lowest BCUT2D eigenvalue weighted by Gasteiger charge is -2.20. The van der Waals surface area contributed by atoms with Crippen LogP contribution >= 0.6 is 0 Å². The minimum absolute atomic E-state index is 0.154. The molecule has 0 fully saturated rings. The quantitative estimate of drug-likeness (QED) is 0.822. The van der Waals surface area contributed by atoms with Gasteiger partial charge in [-0.25, -0.2) is 9.97 Å². The Morgan fingerprint density at radius 1 is 1.47 bits per heavy atom. The largest absolute Gasteiger partial charge is 0.308 e. The maximum absolute atomic E-state index is 4.15. The topological polar surface area (TPSA) is 37.8 Å². The van der Waals surface area contributed by atoms with Gasteiger partial charge in [-0.1, -0.05) is 5.57 Å². The molecule has 0 saturated heterocycles. The number of hydrogen-bond acceptors (Lipinski definition) is 3. The zero-order valence-corrected chi connectivity index (χ0v) is 9.91. The van der Waals surface area contributed by atoms with Crippen LogP contribution in [0.4, 0.5) is 0 Å². The minimum atomic E-state index is 0.154. The van der Waals surface area contributed by atoms with Crippen molar-refractivity contribution in [2.75, 3.05) is 6.54 Å². The van der Waals surface area contributed by atoms with Crippen LogP contribution in [-0.4, -0.2) is 22.1 Å². The Bertz CT molecular complexity index is 322. The summed E-state index contributed by atoms with van der Waals surface area (Å²) in [4.78, 5) is 8.03. The average Bonchev–Trinajstić information content (AvgIpc) is 2.15. The first-order chi connectivity index (χ1) is 6.97. The zero-order valence-electron chi connectivity index (χ0n) is 9.91. The van der Waals surface area contributed by atoms with Gasteiger partial charge >= 0.3 is 0 Å². The van der Waals surface area contributed by atoms with Crippen LogP contribution in [0.15, 0.2) is 24.2 Å². The van der Waals surface area contributed by atoms with E-state index in [1.165, 1.54) is 5.57 Å². The van der Waals surface area contributed by atoms with Crippen LogP contribution in [0.3, 0.4) is 0 Å². The second-order valence-electron chi connectivity index (χ2n) is 4.73. The summed E-state index contributed by atoms with van der Waals surface area (Å²) < 4.78 is 0. The minimum Gasteiger partial charge on any atom is -0.308 e. The standard InChI is InChI=1S/C12H19N3/c1-10(8-15-12(2,3)4)7-11-5-6-13-9-14-11/h5-7,9,15H,8H2,1-4H3. The van der Waals surface area contributed by atoms with Crippen molar-refractivity contribution in [1.29, 1.82) is 0 Å². The summed E-state index contributed by atoms with van der Waals surface area (Å²) in [6.07, 6.45) is 5.39. The van der Waals surface area contributed by atoms with E-state index in [0.29, 0.717) is 0 Å². The van der Waals surface area contributed by atoms with Crippen molar-refractivity contribution >= 4 is 6.08 Å². The van der Waals surface area contributed by atoms with E-state index in [1.54, 1.807) is 12.5 Å². The molecule has 0 aliphatic heterocycles. The highest BCUT2D eigenvalue weighted by Gasteiger charge is 2.07. The molecule has 0 bridgehead atoms. The first-order valence-corrected chi connectivity index (χ1v) is 5.15. The van der Waals surface area contributed by atoms with Crippen LogP contribution in [0.2, 0.25) is 0 Å². The van der Waals surface area contributed by atoms with Crippen molar-refractivity contribution in [1.82, 2.24) is 15.3 Å². The smallest absolute Gasteiger partial charge is 0.115 e. The van der Waals surface area contributed by atoms with Crippen LogP contribution in [0, 0.1) is 0 Å². The van der Waals surface area contributed by atoms with Gasteiger partial charge in [0.15, 0.2) is 0 Å². The fraction of sp³-hybridized carbons (Fsp3) is 0.500. The Balaban J connectivity index is 2.54. The predicted octanol–water partition coefficient (Wildman–Crippen LogP) is 2.27. The fourth-order valence-corrected chi connectivity index (χ4v) is 1.09. The van der Waals surface area contributed by atoms with Crippen LogP contribution in [0.1, 0.15) is 33.4 Å². The lowest BCUT2D eigenvalue weighted by molar-refractivity contribution is 0.445. The molecule has 0 unspecified atom stereocenters. The molecule has 3 heteroatoms. The van der Waals surface area contributed by atoms with E-state index in [0.717, 1.165) is 12.2 Å². The molecule has 0 aliphatic carbocycles. The first kappa shape index (κ1) is 11.9. The molecule has 15 heavy (non-hydrogen) atoms. The molecule has 0 saturated carbocycles. The molecule has 0 atom stereocenters. The Hall–Kier alpha value is -1.22. The van der Waals surface area contributed by atoms with Gasteiger partial charge in [-0.15, -0.1) is 0 Å². The number of aromatic nitrogens is 2. The molecule has 0 radical (unpaired) electrons. The van der Waals surface area contributed by atoms with E-state index in [1.807, 2.05) is 6.07 Å². The second kappa shape index (κ2) is 5.03. The molecule has 3 nitrogen and oxygen atoms in total. The van der Waals surface area contributed by atoms with Gasteiger partial charge in [0.05, 0.1) is 5.69 Å². The third-order valence-corrected chi connectivity index (χ3v) is 1.90. The average molecular weight is 205 g/mol. The molecule has 1 heterocycles. The third-order valence-electron chi connectivity index (χ3n) is 1.90. The number of nitrogens with zero attached hydrogens (tertiary/aromatic N) is 2. The summed E-state index contributed by atoms with van der Waals surface area (Å²) in [5.41, 5.74) is 2.38. The predicted molar refractivity (Wildman–Crippen MR) is 63.4 cm³/mol. The normalized spacial score (nSPS) is 12.9. The van der Waals surface area contributed by atoms with Crippen molar-refractivity contribution in [2.24, 2.45) is 0 Å². The maximum atomic E-state index is 4.15. The zero-order chi connectivity index (χ0) is 11.3. The summed E-state index contributed by atoms with van der Waals surface area (Å²) in [6, 6.07) is 1.90. The van der Waals surface area contributed by atoms with Gasteiger partial charge in [0.1, 0.15) is 6.33 Å². The van der Waals surface area contributed by atoms with E-state index in [-0.39, 0.29) is 5.54 Å². The summed E-state index contributed by atoms with van der Waals surface area (Å²) in [5.74, 6) is 0. The summed E-state index contributed by atoms with van der Waals surface area (Å²) >= 11 is 0. The molecule has 0 aliphatic rings. The highest BCUT2D eigenvalue weighted by Crippen LogP contribution is 2.04. The molecular weight excluding hydrogens is 186 g/mol. The summed E-state index contributed by atoms with van der Waals surface area (Å²) in [5, 5.41) is 3.43. The van der Waals surface area contributed by atoms with Crippen LogP contribution in [-0.2, 0) is 0 Å². The molecular formula is C12H19N3. The highest BCUT2D eigenvalue weighted by atomic mass is 14.9. The molecule has 1 aromatic rings. The molecule has 0 aromatic carbocycles. The SMILES string of the molecule is CC(=Cc1ccncn1)CNC(C)(C)C. The van der Waals surface area contributed by atoms with Crippen LogP contribution in [0.25, 0.3) is 6.08 Å². The van der Waals surface area contributed by atoms with Crippen LogP contribution in [0.5, 0.6) is 0 Å². The second-order valence-corrected chi connectivity index (χ2v) is 4.73. The van der Waals surface area contributed by atoms with Gasteiger partial charge in [0.2, 0.25) is 0 Å². The molecule has 1 aromatic heterocycles. The molecule has 1 N–H and O–H groups in total. The van der Waals surface area contributed by atoms with Crippen molar-refractivity contribution < 1.29 is 0 Å². The Labute approximate surface area is 91.7 Å². The van der Waals surface area contributed by atoms with E-state index in [9.17, 15) is 0 Å². The molecule has 1 rings (SSSR count). The number of nitrogens with one attached hydrogen (secondary N) is 1. The summed E-state index contributed by atoms with van der Waals surface area (Å²) in [6.45, 7) is 9.45. The Kier molecular flexibility index (Phi) is 3.97. The van der Waals surface area contributed by atoms with Gasteiger partial charge in [-0.2, -0.15) is 0 Å². The number of rotatable bonds is 3. The Morgan fingerprint density at radius 3 is 2.73 bits per heavy atom. The van der Waals surface area contributed by atoms with Gasteiger partial charge in [-0.05, 0) is 39.8 Å². The monoisotopic (exact) mass is 205 g/mol. The third kappa shape index (κ3) is 5.27. The van der Waals surface area contributed by atoms with E-state index in [2.05, 4.69) is 49.1 Å². The lowest BCUT2D eigenvalue weighted by Crippen LogP contribution is -2.36. The van der Waals surface area contributed by atoms with E-state index >= 15 is 0 Å². The van der Waals surface area contributed by atoms with E-state index < -0.39 is 0 Å². The first-order valence-electron chi connectivity index (χ1n) is 5.15. The fourth-order valence-electron chi connectivity index (χ4n) is 1.09. The Morgan fingerprint density at radius 2 is 2.20 bits per heavy atom. The van der Waals surface area contributed by atoms with Gasteiger partial charge in [0, 0.05) is 18.3 Å². The summed E-state index contributed by atoms with van der Waals surface area (Å²) in [7, 11) is 0. The lowest BCUT2D eigenvalue weighted by atomic mass is 10.1. The van der Waals surface area contributed by atoms with Crippen LogP contribution < -0.4 is 5.32 Å². The molecule has 0 amide bonds. The van der Waals surface area contributed by atoms with Gasteiger partial charge in [-0.3, -0.25) is 0 Å². The van der Waals surface area contributed by atoms with Crippen molar-refractivity contribution in [3.05, 3.63) is 29.9 Å². The highest BCUT2D eigenvalue weighted by molar-refractivity contribution is 5.47. The van der Waals surface area contributed by atoms with Gasteiger partial charge in [0.25, 0.3) is 0 Å². The number of hydrogen-bond donors (Lipinski definition) is 1. The van der Waals surface area contributed by atoms with E-state index in [4.69, 9.17) is 0 Å². The molecule has 0 spiro atoms. The van der Waals surface area contributed by atoms with Crippen molar-refractivity contribution in [2.45, 2.75) is 33.2 Å². The van der Waals surface area contributed by atoms with Crippen molar-refractivity contribution in [3.8, 4) is 0 Å².